The molecule has 0 radical (unpaired) electrons. The lowest BCUT2D eigenvalue weighted by atomic mass is 9.80. The van der Waals surface area contributed by atoms with E-state index in [1.807, 2.05) is 12.1 Å². The zero-order chi connectivity index (χ0) is 10.8. The van der Waals surface area contributed by atoms with Crippen LogP contribution in [0.3, 0.4) is 0 Å². The van der Waals surface area contributed by atoms with E-state index in [-0.39, 0.29) is 0 Å². The Morgan fingerprint density at radius 2 is 2.13 bits per heavy atom. The maximum Gasteiger partial charge on any atom is 0.0392 e. The summed E-state index contributed by atoms with van der Waals surface area (Å²) in [7, 11) is 0. The summed E-state index contributed by atoms with van der Waals surface area (Å²) in [6.07, 6.45) is 4.14. The Kier molecular flexibility index (Phi) is 2.85. The van der Waals surface area contributed by atoms with Gasteiger partial charge in [0.1, 0.15) is 0 Å². The number of anilines is 2. The maximum atomic E-state index is 5.88. The molecule has 0 bridgehead atoms. The fourth-order valence-electron chi connectivity index (χ4n) is 2.11. The van der Waals surface area contributed by atoms with Crippen LogP contribution in [-0.4, -0.2) is 6.04 Å². The van der Waals surface area contributed by atoms with Crippen molar-refractivity contribution >= 4 is 11.4 Å². The highest BCUT2D eigenvalue weighted by molar-refractivity contribution is 5.63. The first-order chi connectivity index (χ1) is 7.18. The summed E-state index contributed by atoms with van der Waals surface area (Å²) < 4.78 is 0. The van der Waals surface area contributed by atoms with Crippen LogP contribution in [0.4, 0.5) is 11.4 Å². The number of benzene rings is 1. The average Bonchev–Trinajstić information content (AvgIpc) is 2.10. The van der Waals surface area contributed by atoms with E-state index in [0.29, 0.717) is 6.04 Å². The van der Waals surface area contributed by atoms with Gasteiger partial charge in [-0.25, -0.2) is 0 Å². The molecule has 15 heavy (non-hydrogen) atoms. The van der Waals surface area contributed by atoms with Crippen molar-refractivity contribution in [2.24, 2.45) is 5.92 Å². The van der Waals surface area contributed by atoms with Crippen LogP contribution in [0.25, 0.3) is 0 Å². The standard InChI is InChI=1S/C13H20N2/c1-9-12(14)7-4-8-13(9)15-10(2)11-5-3-6-11/h4,7-8,10-11,15H,3,5-6,14H2,1-2H3. The molecule has 1 aliphatic carbocycles. The quantitative estimate of drug-likeness (QED) is 0.742. The molecular formula is C13H20N2. The smallest absolute Gasteiger partial charge is 0.0392 e. The number of nitrogens with one attached hydrogen (secondary N) is 1. The zero-order valence-corrected chi connectivity index (χ0v) is 9.59. The van der Waals surface area contributed by atoms with Crippen molar-refractivity contribution in [1.29, 1.82) is 0 Å². The Hall–Kier alpha value is -1.18. The number of hydrogen-bond donors (Lipinski definition) is 2. The molecule has 0 aromatic heterocycles. The minimum absolute atomic E-state index is 0.569. The lowest BCUT2D eigenvalue weighted by Crippen LogP contribution is -2.31. The van der Waals surface area contributed by atoms with Gasteiger partial charge in [0.2, 0.25) is 0 Å². The molecule has 82 valence electrons. The Morgan fingerprint density at radius 3 is 2.73 bits per heavy atom. The normalized spacial score (nSPS) is 18.3. The first-order valence-corrected chi connectivity index (χ1v) is 5.80. The van der Waals surface area contributed by atoms with Crippen LogP contribution in [0.2, 0.25) is 0 Å². The van der Waals surface area contributed by atoms with Gasteiger partial charge in [-0.2, -0.15) is 0 Å². The van der Waals surface area contributed by atoms with Gasteiger partial charge in [0.05, 0.1) is 0 Å². The third-order valence-electron chi connectivity index (χ3n) is 3.62. The van der Waals surface area contributed by atoms with E-state index in [1.165, 1.54) is 30.5 Å². The summed E-state index contributed by atoms with van der Waals surface area (Å²) in [5.74, 6) is 0.853. The number of nitrogen functional groups attached to an aromatic ring is 1. The third kappa shape index (κ3) is 2.09. The summed E-state index contributed by atoms with van der Waals surface area (Å²) >= 11 is 0. The van der Waals surface area contributed by atoms with Crippen molar-refractivity contribution in [2.45, 2.75) is 39.2 Å². The van der Waals surface area contributed by atoms with Crippen molar-refractivity contribution in [3.05, 3.63) is 23.8 Å². The summed E-state index contributed by atoms with van der Waals surface area (Å²) in [6.45, 7) is 4.34. The van der Waals surface area contributed by atoms with Crippen molar-refractivity contribution in [3.8, 4) is 0 Å². The molecule has 0 saturated heterocycles. The zero-order valence-electron chi connectivity index (χ0n) is 9.59. The van der Waals surface area contributed by atoms with E-state index in [2.05, 4.69) is 25.2 Å². The van der Waals surface area contributed by atoms with Crippen LogP contribution >= 0.6 is 0 Å². The van der Waals surface area contributed by atoms with E-state index < -0.39 is 0 Å². The number of hydrogen-bond acceptors (Lipinski definition) is 2. The van der Waals surface area contributed by atoms with E-state index in [4.69, 9.17) is 5.73 Å². The molecule has 2 nitrogen and oxygen atoms in total. The van der Waals surface area contributed by atoms with Gasteiger partial charge in [0, 0.05) is 17.4 Å². The average molecular weight is 204 g/mol. The molecule has 1 aliphatic rings. The van der Waals surface area contributed by atoms with E-state index in [1.54, 1.807) is 0 Å². The minimum Gasteiger partial charge on any atom is -0.398 e. The van der Waals surface area contributed by atoms with Gasteiger partial charge >= 0.3 is 0 Å². The first kappa shape index (κ1) is 10.3. The second-order valence-electron chi connectivity index (χ2n) is 4.64. The fraction of sp³-hybridized carbons (Fsp3) is 0.538. The lowest BCUT2D eigenvalue weighted by Gasteiger charge is -2.33. The third-order valence-corrected chi connectivity index (χ3v) is 3.62. The molecule has 3 N–H and O–H groups in total. The highest BCUT2D eigenvalue weighted by atomic mass is 14.9. The molecule has 1 atom stereocenters. The van der Waals surface area contributed by atoms with Gasteiger partial charge in [0.25, 0.3) is 0 Å². The van der Waals surface area contributed by atoms with Gasteiger partial charge in [-0.1, -0.05) is 12.5 Å². The van der Waals surface area contributed by atoms with Crippen molar-refractivity contribution in [2.75, 3.05) is 11.1 Å². The Labute approximate surface area is 91.9 Å². The van der Waals surface area contributed by atoms with Gasteiger partial charge in [-0.05, 0) is 50.3 Å². The van der Waals surface area contributed by atoms with Crippen LogP contribution in [0.1, 0.15) is 31.7 Å². The topological polar surface area (TPSA) is 38.0 Å². The predicted molar refractivity (Wildman–Crippen MR) is 66.0 cm³/mol. The molecule has 0 spiro atoms. The van der Waals surface area contributed by atoms with E-state index >= 15 is 0 Å². The molecule has 0 aliphatic heterocycles. The van der Waals surface area contributed by atoms with Crippen LogP contribution in [0.5, 0.6) is 0 Å². The monoisotopic (exact) mass is 204 g/mol. The van der Waals surface area contributed by atoms with Crippen LogP contribution in [0.15, 0.2) is 18.2 Å². The highest BCUT2D eigenvalue weighted by Crippen LogP contribution is 2.32. The second-order valence-corrected chi connectivity index (χ2v) is 4.64. The molecule has 0 heterocycles. The molecule has 2 rings (SSSR count). The van der Waals surface area contributed by atoms with E-state index in [9.17, 15) is 0 Å². The highest BCUT2D eigenvalue weighted by Gasteiger charge is 2.23. The molecule has 2 heteroatoms. The number of rotatable bonds is 3. The summed E-state index contributed by atoms with van der Waals surface area (Å²) in [5, 5.41) is 3.57. The minimum atomic E-state index is 0.569. The second kappa shape index (κ2) is 4.13. The maximum absolute atomic E-state index is 5.88. The van der Waals surface area contributed by atoms with Crippen molar-refractivity contribution in [3.63, 3.8) is 0 Å². The Morgan fingerprint density at radius 1 is 1.40 bits per heavy atom. The molecule has 1 aromatic rings. The SMILES string of the molecule is Cc1c(N)cccc1NC(C)C1CCC1. The fourth-order valence-corrected chi connectivity index (χ4v) is 2.11. The molecule has 1 unspecified atom stereocenters. The van der Waals surface area contributed by atoms with Gasteiger partial charge in [0.15, 0.2) is 0 Å². The van der Waals surface area contributed by atoms with Gasteiger partial charge < -0.3 is 11.1 Å². The van der Waals surface area contributed by atoms with Crippen molar-refractivity contribution < 1.29 is 0 Å². The molecular weight excluding hydrogens is 184 g/mol. The van der Waals surface area contributed by atoms with Crippen LogP contribution in [0, 0.1) is 12.8 Å². The Balaban J connectivity index is 2.06. The molecule has 1 aromatic carbocycles. The van der Waals surface area contributed by atoms with Crippen molar-refractivity contribution in [1.82, 2.24) is 0 Å². The summed E-state index contributed by atoms with van der Waals surface area (Å²) in [4.78, 5) is 0. The molecule has 0 amide bonds. The Bertz CT molecular complexity index is 342. The van der Waals surface area contributed by atoms with Crippen LogP contribution < -0.4 is 11.1 Å². The van der Waals surface area contributed by atoms with Gasteiger partial charge in [-0.15, -0.1) is 0 Å². The van der Waals surface area contributed by atoms with Gasteiger partial charge in [-0.3, -0.25) is 0 Å². The van der Waals surface area contributed by atoms with Crippen LogP contribution in [-0.2, 0) is 0 Å². The summed E-state index contributed by atoms with van der Waals surface area (Å²) in [6, 6.07) is 6.65. The predicted octanol–water partition coefficient (Wildman–Crippen LogP) is 3.18. The molecule has 1 fully saturated rings. The number of nitrogens with two attached hydrogens (primary N) is 1. The lowest BCUT2D eigenvalue weighted by molar-refractivity contribution is 0.285. The largest absolute Gasteiger partial charge is 0.398 e. The molecule has 1 saturated carbocycles. The van der Waals surface area contributed by atoms with E-state index in [0.717, 1.165) is 11.6 Å². The first-order valence-electron chi connectivity index (χ1n) is 5.80. The summed E-state index contributed by atoms with van der Waals surface area (Å²) in [5.41, 5.74) is 9.11.